The van der Waals surface area contributed by atoms with E-state index in [1.807, 2.05) is 23.1 Å². The van der Waals surface area contributed by atoms with Gasteiger partial charge in [0.15, 0.2) is 11.5 Å². The van der Waals surface area contributed by atoms with Crippen molar-refractivity contribution in [2.24, 2.45) is 0 Å². The molecule has 0 spiro atoms. The second-order valence-electron chi connectivity index (χ2n) is 5.63. The van der Waals surface area contributed by atoms with Crippen molar-refractivity contribution in [3.05, 3.63) is 23.8 Å². The number of carbonyl (C=O) groups is 1. The zero-order valence-corrected chi connectivity index (χ0v) is 12.4. The number of amides is 2. The zero-order chi connectivity index (χ0) is 14.7. The molecule has 5 heteroatoms. The predicted octanol–water partition coefficient (Wildman–Crippen LogP) is 2.89. The SMILES string of the molecule is CCCCNC(=O)N(Cc1ccc2c(c1)OCO2)C1CC1. The number of ether oxygens (including phenoxy) is 2. The van der Waals surface area contributed by atoms with E-state index in [2.05, 4.69) is 12.2 Å². The lowest BCUT2D eigenvalue weighted by Gasteiger charge is -2.23. The van der Waals surface area contributed by atoms with Crippen LogP contribution >= 0.6 is 0 Å². The van der Waals surface area contributed by atoms with E-state index in [0.717, 1.165) is 49.3 Å². The second kappa shape index (κ2) is 6.24. The molecule has 1 saturated carbocycles. The average molecular weight is 290 g/mol. The van der Waals surface area contributed by atoms with Crippen molar-refractivity contribution < 1.29 is 14.3 Å². The Labute approximate surface area is 125 Å². The van der Waals surface area contributed by atoms with Crippen molar-refractivity contribution in [3.8, 4) is 11.5 Å². The van der Waals surface area contributed by atoms with E-state index in [1.165, 1.54) is 0 Å². The smallest absolute Gasteiger partial charge is 0.317 e. The van der Waals surface area contributed by atoms with E-state index in [4.69, 9.17) is 9.47 Å². The van der Waals surface area contributed by atoms with Crippen LogP contribution in [0.1, 0.15) is 38.2 Å². The van der Waals surface area contributed by atoms with Crippen molar-refractivity contribution in [2.45, 2.75) is 45.2 Å². The molecule has 0 atom stereocenters. The van der Waals surface area contributed by atoms with Gasteiger partial charge in [-0.05, 0) is 37.0 Å². The van der Waals surface area contributed by atoms with Crippen molar-refractivity contribution >= 4 is 6.03 Å². The van der Waals surface area contributed by atoms with Crippen LogP contribution in [0.3, 0.4) is 0 Å². The quantitative estimate of drug-likeness (QED) is 0.820. The molecule has 0 saturated heterocycles. The molecule has 3 rings (SSSR count). The standard InChI is InChI=1S/C16H22N2O3/c1-2-3-8-17-16(19)18(13-5-6-13)10-12-4-7-14-15(9-12)21-11-20-14/h4,7,9,13H,2-3,5-6,8,10-11H2,1H3,(H,17,19). The molecular weight excluding hydrogens is 268 g/mol. The monoisotopic (exact) mass is 290 g/mol. The molecule has 1 heterocycles. The molecule has 2 aliphatic rings. The Morgan fingerprint density at radius 3 is 2.90 bits per heavy atom. The highest BCUT2D eigenvalue weighted by Crippen LogP contribution is 2.34. The first kappa shape index (κ1) is 14.0. The molecule has 1 aliphatic carbocycles. The van der Waals surface area contributed by atoms with Crippen LogP contribution in [0.25, 0.3) is 0 Å². The number of hydrogen-bond donors (Lipinski definition) is 1. The van der Waals surface area contributed by atoms with Gasteiger partial charge < -0.3 is 19.7 Å². The zero-order valence-electron chi connectivity index (χ0n) is 12.4. The number of benzene rings is 1. The topological polar surface area (TPSA) is 50.8 Å². The van der Waals surface area contributed by atoms with Gasteiger partial charge in [0.2, 0.25) is 6.79 Å². The lowest BCUT2D eigenvalue weighted by molar-refractivity contribution is 0.173. The summed E-state index contributed by atoms with van der Waals surface area (Å²) >= 11 is 0. The normalized spacial score (nSPS) is 15.9. The van der Waals surface area contributed by atoms with Crippen LogP contribution in [0.15, 0.2) is 18.2 Å². The Morgan fingerprint density at radius 1 is 1.33 bits per heavy atom. The fraction of sp³-hybridized carbons (Fsp3) is 0.562. The molecule has 1 N–H and O–H groups in total. The van der Waals surface area contributed by atoms with Crippen molar-refractivity contribution in [2.75, 3.05) is 13.3 Å². The van der Waals surface area contributed by atoms with E-state index in [1.54, 1.807) is 0 Å². The van der Waals surface area contributed by atoms with Gasteiger partial charge >= 0.3 is 6.03 Å². The third-order valence-corrected chi connectivity index (χ3v) is 3.84. The minimum Gasteiger partial charge on any atom is -0.454 e. The third-order valence-electron chi connectivity index (χ3n) is 3.84. The molecule has 0 unspecified atom stereocenters. The van der Waals surface area contributed by atoms with Crippen molar-refractivity contribution in [1.29, 1.82) is 0 Å². The molecule has 1 aliphatic heterocycles. The van der Waals surface area contributed by atoms with Crippen LogP contribution in [0, 0.1) is 0 Å². The van der Waals surface area contributed by atoms with Gasteiger partial charge in [-0.2, -0.15) is 0 Å². The highest BCUT2D eigenvalue weighted by atomic mass is 16.7. The summed E-state index contributed by atoms with van der Waals surface area (Å²) < 4.78 is 10.7. The fourth-order valence-corrected chi connectivity index (χ4v) is 2.46. The number of unbranched alkanes of at least 4 members (excludes halogenated alkanes) is 1. The Kier molecular flexibility index (Phi) is 4.18. The van der Waals surface area contributed by atoms with Crippen LogP contribution in [0.4, 0.5) is 4.79 Å². The van der Waals surface area contributed by atoms with Crippen LogP contribution in [-0.4, -0.2) is 30.3 Å². The Bertz CT molecular complexity index is 514. The van der Waals surface area contributed by atoms with Crippen LogP contribution in [-0.2, 0) is 6.54 Å². The molecule has 5 nitrogen and oxygen atoms in total. The molecule has 2 amide bonds. The summed E-state index contributed by atoms with van der Waals surface area (Å²) in [6.45, 7) is 3.78. The third kappa shape index (κ3) is 3.40. The Morgan fingerprint density at radius 2 is 2.14 bits per heavy atom. The van der Waals surface area contributed by atoms with E-state index in [0.29, 0.717) is 12.6 Å². The van der Waals surface area contributed by atoms with Gasteiger partial charge in [0.05, 0.1) is 0 Å². The van der Waals surface area contributed by atoms with E-state index in [9.17, 15) is 4.79 Å². The van der Waals surface area contributed by atoms with Gasteiger partial charge in [-0.15, -0.1) is 0 Å². The number of rotatable bonds is 6. The maximum absolute atomic E-state index is 12.3. The summed E-state index contributed by atoms with van der Waals surface area (Å²) in [6.07, 6.45) is 4.32. The lowest BCUT2D eigenvalue weighted by atomic mass is 10.2. The molecule has 0 radical (unpaired) electrons. The summed E-state index contributed by atoms with van der Waals surface area (Å²) in [6, 6.07) is 6.32. The molecule has 1 fully saturated rings. The summed E-state index contributed by atoms with van der Waals surface area (Å²) in [7, 11) is 0. The molecule has 21 heavy (non-hydrogen) atoms. The molecule has 0 bridgehead atoms. The maximum Gasteiger partial charge on any atom is 0.317 e. The van der Waals surface area contributed by atoms with Gasteiger partial charge in [0.25, 0.3) is 0 Å². The summed E-state index contributed by atoms with van der Waals surface area (Å²) in [5, 5.41) is 3.01. The highest BCUT2D eigenvalue weighted by Gasteiger charge is 2.32. The van der Waals surface area contributed by atoms with Crippen molar-refractivity contribution in [1.82, 2.24) is 10.2 Å². The number of hydrogen-bond acceptors (Lipinski definition) is 3. The van der Waals surface area contributed by atoms with Gasteiger partial charge in [0, 0.05) is 19.1 Å². The molecule has 1 aromatic carbocycles. The molecule has 0 aromatic heterocycles. The highest BCUT2D eigenvalue weighted by molar-refractivity contribution is 5.75. The first-order chi connectivity index (χ1) is 10.3. The van der Waals surface area contributed by atoms with Crippen LogP contribution in [0.2, 0.25) is 0 Å². The number of urea groups is 1. The van der Waals surface area contributed by atoms with E-state index >= 15 is 0 Å². The number of nitrogens with one attached hydrogen (secondary N) is 1. The first-order valence-electron chi connectivity index (χ1n) is 7.71. The first-order valence-corrected chi connectivity index (χ1v) is 7.71. The molecule has 114 valence electrons. The number of fused-ring (bicyclic) bond motifs is 1. The Balaban J connectivity index is 1.63. The fourth-order valence-electron chi connectivity index (χ4n) is 2.46. The number of carbonyl (C=O) groups excluding carboxylic acids is 1. The van der Waals surface area contributed by atoms with Gasteiger partial charge in [-0.1, -0.05) is 19.4 Å². The second-order valence-corrected chi connectivity index (χ2v) is 5.63. The van der Waals surface area contributed by atoms with Crippen LogP contribution in [0.5, 0.6) is 11.5 Å². The van der Waals surface area contributed by atoms with Gasteiger partial charge in [-0.3, -0.25) is 0 Å². The number of nitrogens with zero attached hydrogens (tertiary/aromatic N) is 1. The van der Waals surface area contributed by atoms with E-state index in [-0.39, 0.29) is 12.8 Å². The molecular formula is C16H22N2O3. The van der Waals surface area contributed by atoms with Gasteiger partial charge in [-0.25, -0.2) is 4.79 Å². The minimum atomic E-state index is 0.0450. The van der Waals surface area contributed by atoms with Crippen molar-refractivity contribution in [3.63, 3.8) is 0 Å². The Hall–Kier alpha value is -1.91. The lowest BCUT2D eigenvalue weighted by Crippen LogP contribution is -2.41. The summed E-state index contributed by atoms with van der Waals surface area (Å²) in [5.41, 5.74) is 1.08. The largest absolute Gasteiger partial charge is 0.454 e. The average Bonchev–Trinajstić information content (AvgIpc) is 3.22. The maximum atomic E-state index is 12.3. The van der Waals surface area contributed by atoms with Gasteiger partial charge in [0.1, 0.15) is 0 Å². The summed E-state index contributed by atoms with van der Waals surface area (Å²) in [5.74, 6) is 1.55. The van der Waals surface area contributed by atoms with E-state index < -0.39 is 0 Å². The minimum absolute atomic E-state index is 0.0450. The summed E-state index contributed by atoms with van der Waals surface area (Å²) in [4.78, 5) is 14.2. The molecule has 1 aromatic rings. The van der Waals surface area contributed by atoms with Crippen LogP contribution < -0.4 is 14.8 Å². The predicted molar refractivity (Wildman–Crippen MR) is 79.4 cm³/mol.